The van der Waals surface area contributed by atoms with Crippen LogP contribution in [0.3, 0.4) is 0 Å². The van der Waals surface area contributed by atoms with Crippen LogP contribution in [0.2, 0.25) is 0 Å². The average Bonchev–Trinajstić information content (AvgIpc) is 3.54. The third-order valence-corrected chi connectivity index (χ3v) is 6.13. The second-order valence-corrected chi connectivity index (χ2v) is 8.58. The summed E-state index contributed by atoms with van der Waals surface area (Å²) in [4.78, 5) is 28.4. The molecular formula is C23H24N4O3S. The number of nitrogens with one attached hydrogen (secondary N) is 2. The van der Waals surface area contributed by atoms with Gasteiger partial charge in [-0.15, -0.1) is 0 Å². The van der Waals surface area contributed by atoms with E-state index in [2.05, 4.69) is 22.5 Å². The molecule has 160 valence electrons. The number of amides is 1. The van der Waals surface area contributed by atoms with Crippen LogP contribution in [-0.2, 0) is 0 Å². The van der Waals surface area contributed by atoms with Crippen LogP contribution in [0.4, 0.5) is 15.8 Å². The van der Waals surface area contributed by atoms with E-state index in [1.165, 1.54) is 0 Å². The van der Waals surface area contributed by atoms with Crippen LogP contribution < -0.4 is 10.6 Å². The molecule has 0 atom stereocenters. The van der Waals surface area contributed by atoms with Gasteiger partial charge in [0, 0.05) is 23.7 Å². The Hall–Kier alpha value is -3.26. The zero-order valence-corrected chi connectivity index (χ0v) is 18.1. The van der Waals surface area contributed by atoms with Crippen molar-refractivity contribution in [2.75, 3.05) is 17.2 Å². The Balaban J connectivity index is 1.62. The molecule has 2 N–H and O–H groups in total. The molecule has 2 aromatic carbocycles. The van der Waals surface area contributed by atoms with Crippen molar-refractivity contribution in [3.05, 3.63) is 69.9 Å². The first-order valence-electron chi connectivity index (χ1n) is 10.5. The Morgan fingerprint density at radius 1 is 1.23 bits per heavy atom. The minimum atomic E-state index is -0.410. The summed E-state index contributed by atoms with van der Waals surface area (Å²) in [6, 6.07) is 15.4. The summed E-state index contributed by atoms with van der Waals surface area (Å²) >= 11 is 0.923. The lowest BCUT2D eigenvalue weighted by Crippen LogP contribution is -2.13. The molecule has 1 aliphatic rings. The smallest absolute Gasteiger partial charge is 0.349 e. The highest BCUT2D eigenvalue weighted by Gasteiger charge is 2.35. The van der Waals surface area contributed by atoms with Crippen molar-refractivity contribution in [3.8, 4) is 11.1 Å². The van der Waals surface area contributed by atoms with Gasteiger partial charge in [-0.2, -0.15) is 0 Å². The van der Waals surface area contributed by atoms with Crippen molar-refractivity contribution < 1.29 is 9.72 Å². The molecule has 0 spiro atoms. The number of benzene rings is 2. The molecule has 4 rings (SSSR count). The van der Waals surface area contributed by atoms with Crippen LogP contribution >= 0.6 is 11.3 Å². The molecule has 3 aromatic rings. The zero-order valence-electron chi connectivity index (χ0n) is 17.3. The number of hydrogen-bond donors (Lipinski definition) is 2. The Labute approximate surface area is 184 Å². The fraction of sp³-hybridized carbons (Fsp3) is 0.304. The summed E-state index contributed by atoms with van der Waals surface area (Å²) in [5, 5.41) is 17.8. The standard InChI is InChI=1S/C23H24N4O3S/c1-2-3-13-24-17-11-12-18(19(14-17)15-7-5-4-6-8-15)21(28)26-23-25-20(16-9-10-16)22(31-23)27(29)30/h4-8,11-12,14,16,24H,2-3,9-10,13H2,1H3,(H,25,26,28). The lowest BCUT2D eigenvalue weighted by Gasteiger charge is -2.13. The minimum absolute atomic E-state index is 0.0246. The predicted octanol–water partition coefficient (Wildman–Crippen LogP) is 6.06. The van der Waals surface area contributed by atoms with Crippen molar-refractivity contribution in [1.82, 2.24) is 4.98 Å². The second kappa shape index (κ2) is 9.26. The van der Waals surface area contributed by atoms with Crippen molar-refractivity contribution in [3.63, 3.8) is 0 Å². The maximum absolute atomic E-state index is 13.1. The van der Waals surface area contributed by atoms with E-state index >= 15 is 0 Å². The Morgan fingerprint density at radius 3 is 2.68 bits per heavy atom. The van der Waals surface area contributed by atoms with Crippen molar-refractivity contribution >= 4 is 33.1 Å². The number of anilines is 2. The third kappa shape index (κ3) is 4.91. The summed E-state index contributed by atoms with van der Waals surface area (Å²) in [5.41, 5.74) is 3.66. The molecular weight excluding hydrogens is 412 g/mol. The number of carbonyl (C=O) groups excluding carboxylic acids is 1. The number of nitro groups is 1. The first-order valence-corrected chi connectivity index (χ1v) is 11.3. The molecule has 1 aromatic heterocycles. The zero-order chi connectivity index (χ0) is 21.8. The molecule has 0 unspecified atom stereocenters. The highest BCUT2D eigenvalue weighted by molar-refractivity contribution is 7.19. The minimum Gasteiger partial charge on any atom is -0.385 e. The molecule has 0 saturated heterocycles. The number of nitrogens with zero attached hydrogens (tertiary/aromatic N) is 2. The number of unbranched alkanes of at least 4 members (excludes halogenated alkanes) is 1. The van der Waals surface area contributed by atoms with Gasteiger partial charge < -0.3 is 5.32 Å². The van der Waals surface area contributed by atoms with E-state index in [0.29, 0.717) is 11.3 Å². The second-order valence-electron chi connectivity index (χ2n) is 7.60. The Morgan fingerprint density at radius 2 is 2.00 bits per heavy atom. The average molecular weight is 437 g/mol. The number of carbonyl (C=O) groups is 1. The van der Waals surface area contributed by atoms with Crippen molar-refractivity contribution in [2.24, 2.45) is 0 Å². The van der Waals surface area contributed by atoms with E-state index in [-0.39, 0.29) is 22.0 Å². The molecule has 31 heavy (non-hydrogen) atoms. The van der Waals surface area contributed by atoms with Gasteiger partial charge in [-0.1, -0.05) is 43.7 Å². The molecule has 7 nitrogen and oxygen atoms in total. The van der Waals surface area contributed by atoms with E-state index in [1.807, 2.05) is 42.5 Å². The molecule has 1 saturated carbocycles. The summed E-state index contributed by atoms with van der Waals surface area (Å²) in [6.45, 7) is 3.01. The number of rotatable bonds is 9. The SMILES string of the molecule is CCCCNc1ccc(C(=O)Nc2nc(C3CC3)c([N+](=O)[O-])s2)c(-c2ccccc2)c1. The monoisotopic (exact) mass is 436 g/mol. The highest BCUT2D eigenvalue weighted by atomic mass is 32.1. The molecule has 8 heteroatoms. The van der Waals surface area contributed by atoms with Crippen LogP contribution in [0.25, 0.3) is 11.1 Å². The van der Waals surface area contributed by atoms with Crippen molar-refractivity contribution in [1.29, 1.82) is 0 Å². The van der Waals surface area contributed by atoms with E-state index < -0.39 is 4.92 Å². The third-order valence-electron chi connectivity index (χ3n) is 5.19. The molecule has 0 bridgehead atoms. The lowest BCUT2D eigenvalue weighted by molar-refractivity contribution is -0.381. The van der Waals surface area contributed by atoms with Gasteiger partial charge in [0.25, 0.3) is 5.91 Å². The van der Waals surface area contributed by atoms with Gasteiger partial charge in [-0.25, -0.2) is 4.98 Å². The van der Waals surface area contributed by atoms with Gasteiger partial charge in [-0.05, 0) is 59.9 Å². The van der Waals surface area contributed by atoms with Crippen LogP contribution in [0.15, 0.2) is 48.5 Å². The van der Waals surface area contributed by atoms with E-state index in [9.17, 15) is 14.9 Å². The summed E-state index contributed by atoms with van der Waals surface area (Å²) in [5.74, 6) is -0.194. The summed E-state index contributed by atoms with van der Waals surface area (Å²) in [7, 11) is 0. The van der Waals surface area contributed by atoms with Gasteiger partial charge in [0.15, 0.2) is 5.13 Å². The molecule has 0 aliphatic heterocycles. The molecule has 1 amide bonds. The van der Waals surface area contributed by atoms with E-state index in [0.717, 1.165) is 60.4 Å². The largest absolute Gasteiger partial charge is 0.385 e. The number of thiazole rings is 1. The fourth-order valence-electron chi connectivity index (χ4n) is 3.41. The molecule has 1 fully saturated rings. The van der Waals surface area contributed by atoms with E-state index in [1.54, 1.807) is 6.07 Å². The number of hydrogen-bond acceptors (Lipinski definition) is 6. The molecule has 1 aliphatic carbocycles. The molecule has 1 heterocycles. The first kappa shape index (κ1) is 21.0. The number of aromatic nitrogens is 1. The summed E-state index contributed by atoms with van der Waals surface area (Å²) < 4.78 is 0. The predicted molar refractivity (Wildman–Crippen MR) is 124 cm³/mol. The Bertz CT molecular complexity index is 1090. The first-order chi connectivity index (χ1) is 15.1. The highest BCUT2D eigenvalue weighted by Crippen LogP contribution is 2.46. The van der Waals surface area contributed by atoms with Crippen LogP contribution in [0.5, 0.6) is 0 Å². The van der Waals surface area contributed by atoms with Gasteiger partial charge in [0.2, 0.25) is 0 Å². The normalized spacial score (nSPS) is 13.1. The fourth-order valence-corrected chi connectivity index (χ4v) is 4.28. The Kier molecular flexibility index (Phi) is 6.27. The molecule has 0 radical (unpaired) electrons. The van der Waals surface area contributed by atoms with Crippen LogP contribution in [0, 0.1) is 10.1 Å². The van der Waals surface area contributed by atoms with Gasteiger partial charge in [0.05, 0.1) is 4.92 Å². The topological polar surface area (TPSA) is 97.2 Å². The summed E-state index contributed by atoms with van der Waals surface area (Å²) in [6.07, 6.45) is 3.97. The van der Waals surface area contributed by atoms with Gasteiger partial charge in [0.1, 0.15) is 5.69 Å². The maximum atomic E-state index is 13.1. The van der Waals surface area contributed by atoms with Crippen LogP contribution in [0.1, 0.15) is 54.6 Å². The van der Waals surface area contributed by atoms with Crippen LogP contribution in [-0.4, -0.2) is 22.4 Å². The van der Waals surface area contributed by atoms with E-state index in [4.69, 9.17) is 0 Å². The van der Waals surface area contributed by atoms with Gasteiger partial charge in [-0.3, -0.25) is 20.2 Å². The quantitative estimate of drug-likeness (QED) is 0.241. The van der Waals surface area contributed by atoms with Gasteiger partial charge >= 0.3 is 5.00 Å². The maximum Gasteiger partial charge on any atom is 0.349 e. The lowest BCUT2D eigenvalue weighted by atomic mass is 9.98. The van der Waals surface area contributed by atoms with Crippen molar-refractivity contribution in [2.45, 2.75) is 38.5 Å².